The van der Waals surface area contributed by atoms with E-state index in [0.717, 1.165) is 27.8 Å². The van der Waals surface area contributed by atoms with Gasteiger partial charge in [-0.2, -0.15) is 5.26 Å². The summed E-state index contributed by atoms with van der Waals surface area (Å²) in [6.45, 7) is 0.296. The molecule has 3 aromatic rings. The molecule has 0 aliphatic heterocycles. The van der Waals surface area contributed by atoms with Crippen LogP contribution in [-0.2, 0) is 6.54 Å². The van der Waals surface area contributed by atoms with Crippen molar-refractivity contribution >= 4 is 11.6 Å². The number of halogens is 1. The minimum Gasteiger partial charge on any atom is -0.192 e. The second-order valence-corrected chi connectivity index (χ2v) is 5.90. The second-order valence-electron chi connectivity index (χ2n) is 5.46. The standard InChI is InChI=1S/C20H13ClN4/c21-18-8-6-17(7-9-18)20-11-15(13-24-25-23)3-10-19(20)16-4-1-14(12-22)2-5-16/h1-11H,13H2. The van der Waals surface area contributed by atoms with Crippen molar-refractivity contribution in [1.29, 1.82) is 5.26 Å². The average Bonchev–Trinajstić information content (AvgIpc) is 2.67. The van der Waals surface area contributed by atoms with Gasteiger partial charge in [-0.15, -0.1) is 0 Å². The molecule has 0 aliphatic carbocycles. The van der Waals surface area contributed by atoms with E-state index >= 15 is 0 Å². The van der Waals surface area contributed by atoms with E-state index in [1.165, 1.54) is 0 Å². The zero-order valence-electron chi connectivity index (χ0n) is 13.2. The van der Waals surface area contributed by atoms with Crippen molar-refractivity contribution in [2.45, 2.75) is 6.54 Å². The maximum absolute atomic E-state index is 8.97. The fraction of sp³-hybridized carbons (Fsp3) is 0.0500. The summed E-state index contributed by atoms with van der Waals surface area (Å²) in [5.41, 5.74) is 14.2. The quantitative estimate of drug-likeness (QED) is 0.308. The normalized spacial score (nSPS) is 9.92. The first-order valence-corrected chi connectivity index (χ1v) is 7.99. The lowest BCUT2D eigenvalue weighted by Gasteiger charge is -2.12. The van der Waals surface area contributed by atoms with Crippen LogP contribution in [0.15, 0.2) is 71.8 Å². The van der Waals surface area contributed by atoms with Crippen LogP contribution in [0.2, 0.25) is 5.02 Å². The molecule has 0 bridgehead atoms. The Labute approximate surface area is 150 Å². The van der Waals surface area contributed by atoms with Gasteiger partial charge in [-0.1, -0.05) is 59.2 Å². The summed E-state index contributed by atoms with van der Waals surface area (Å²) in [6.07, 6.45) is 0. The lowest BCUT2D eigenvalue weighted by atomic mass is 9.92. The van der Waals surface area contributed by atoms with Crippen molar-refractivity contribution in [2.75, 3.05) is 0 Å². The highest BCUT2D eigenvalue weighted by atomic mass is 35.5. The van der Waals surface area contributed by atoms with Crippen molar-refractivity contribution in [3.8, 4) is 28.3 Å². The topological polar surface area (TPSA) is 72.5 Å². The van der Waals surface area contributed by atoms with E-state index < -0.39 is 0 Å². The van der Waals surface area contributed by atoms with Crippen LogP contribution in [0.4, 0.5) is 0 Å². The van der Waals surface area contributed by atoms with Gasteiger partial charge in [0.05, 0.1) is 18.2 Å². The van der Waals surface area contributed by atoms with Crippen molar-refractivity contribution in [2.24, 2.45) is 5.11 Å². The SMILES string of the molecule is N#Cc1ccc(-c2ccc(CN=[N+]=[N-])cc2-c2ccc(Cl)cc2)cc1. The third-order valence-electron chi connectivity index (χ3n) is 3.88. The van der Waals surface area contributed by atoms with Gasteiger partial charge in [0.1, 0.15) is 0 Å². The van der Waals surface area contributed by atoms with Gasteiger partial charge >= 0.3 is 0 Å². The van der Waals surface area contributed by atoms with E-state index in [2.05, 4.69) is 16.1 Å². The Hall–Kier alpha value is -3.25. The van der Waals surface area contributed by atoms with E-state index in [1.807, 2.05) is 54.6 Å². The molecule has 0 heterocycles. The Morgan fingerprint density at radius 2 is 1.56 bits per heavy atom. The van der Waals surface area contributed by atoms with E-state index in [4.69, 9.17) is 22.4 Å². The van der Waals surface area contributed by atoms with Crippen LogP contribution >= 0.6 is 11.6 Å². The Kier molecular flexibility index (Phi) is 5.01. The highest BCUT2D eigenvalue weighted by Gasteiger charge is 2.09. The summed E-state index contributed by atoms with van der Waals surface area (Å²) < 4.78 is 0. The molecule has 0 spiro atoms. The number of rotatable bonds is 4. The van der Waals surface area contributed by atoms with Crippen LogP contribution in [0.25, 0.3) is 32.7 Å². The first-order chi connectivity index (χ1) is 12.2. The number of nitrogens with zero attached hydrogens (tertiary/aromatic N) is 4. The molecular weight excluding hydrogens is 332 g/mol. The molecular formula is C20H13ClN4. The number of hydrogen-bond acceptors (Lipinski definition) is 2. The summed E-state index contributed by atoms with van der Waals surface area (Å²) >= 11 is 6.00. The molecule has 0 radical (unpaired) electrons. The summed E-state index contributed by atoms with van der Waals surface area (Å²) in [4.78, 5) is 2.82. The van der Waals surface area contributed by atoms with E-state index in [-0.39, 0.29) is 0 Å². The number of benzene rings is 3. The minimum atomic E-state index is 0.296. The lowest BCUT2D eigenvalue weighted by molar-refractivity contribution is 1.05. The van der Waals surface area contributed by atoms with Crippen LogP contribution in [0, 0.1) is 11.3 Å². The summed E-state index contributed by atoms with van der Waals surface area (Å²) in [7, 11) is 0. The first-order valence-electron chi connectivity index (χ1n) is 7.61. The molecule has 0 atom stereocenters. The highest BCUT2D eigenvalue weighted by molar-refractivity contribution is 6.30. The molecule has 120 valence electrons. The number of nitriles is 1. The molecule has 0 amide bonds. The largest absolute Gasteiger partial charge is 0.192 e. The molecule has 3 aromatic carbocycles. The molecule has 0 aliphatic rings. The number of azide groups is 1. The third-order valence-corrected chi connectivity index (χ3v) is 4.13. The van der Waals surface area contributed by atoms with Gasteiger partial charge in [0, 0.05) is 9.93 Å². The molecule has 0 unspecified atom stereocenters. The zero-order valence-corrected chi connectivity index (χ0v) is 14.0. The molecule has 0 N–H and O–H groups in total. The summed E-state index contributed by atoms with van der Waals surface area (Å²) in [6, 6.07) is 23.2. The van der Waals surface area contributed by atoms with Gasteiger partial charge < -0.3 is 0 Å². The first kappa shape index (κ1) is 16.6. The van der Waals surface area contributed by atoms with Crippen molar-refractivity contribution in [1.82, 2.24) is 0 Å². The smallest absolute Gasteiger partial charge is 0.0991 e. The Morgan fingerprint density at radius 3 is 2.20 bits per heavy atom. The fourth-order valence-electron chi connectivity index (χ4n) is 2.65. The van der Waals surface area contributed by atoms with Gasteiger partial charge in [-0.3, -0.25) is 0 Å². The van der Waals surface area contributed by atoms with E-state index in [0.29, 0.717) is 17.1 Å². The molecule has 4 nitrogen and oxygen atoms in total. The van der Waals surface area contributed by atoms with Crippen molar-refractivity contribution < 1.29 is 0 Å². The molecule has 25 heavy (non-hydrogen) atoms. The minimum absolute atomic E-state index is 0.296. The Morgan fingerprint density at radius 1 is 0.920 bits per heavy atom. The third kappa shape index (κ3) is 3.81. The maximum atomic E-state index is 8.97. The predicted molar refractivity (Wildman–Crippen MR) is 99.9 cm³/mol. The van der Waals surface area contributed by atoms with Crippen LogP contribution in [0.3, 0.4) is 0 Å². The average molecular weight is 345 g/mol. The fourth-order valence-corrected chi connectivity index (χ4v) is 2.77. The molecule has 0 aromatic heterocycles. The second kappa shape index (κ2) is 7.55. The Bertz CT molecular complexity index is 980. The van der Waals surface area contributed by atoms with Gasteiger partial charge in [0.2, 0.25) is 0 Å². The molecule has 0 saturated heterocycles. The summed E-state index contributed by atoms with van der Waals surface area (Å²) in [5.74, 6) is 0. The monoisotopic (exact) mass is 344 g/mol. The van der Waals surface area contributed by atoms with Crippen molar-refractivity contribution in [3.05, 3.63) is 93.3 Å². The van der Waals surface area contributed by atoms with Crippen LogP contribution in [0.5, 0.6) is 0 Å². The zero-order chi connectivity index (χ0) is 17.6. The molecule has 0 saturated carbocycles. The van der Waals surface area contributed by atoms with Crippen LogP contribution in [0.1, 0.15) is 11.1 Å². The van der Waals surface area contributed by atoms with Gasteiger partial charge in [-0.25, -0.2) is 0 Å². The summed E-state index contributed by atoms with van der Waals surface area (Å²) in [5, 5.41) is 13.3. The van der Waals surface area contributed by atoms with Crippen molar-refractivity contribution in [3.63, 3.8) is 0 Å². The predicted octanol–water partition coefficient (Wildman–Crippen LogP) is 6.36. The maximum Gasteiger partial charge on any atom is 0.0991 e. The number of hydrogen-bond donors (Lipinski definition) is 0. The molecule has 0 fully saturated rings. The van der Waals surface area contributed by atoms with Gasteiger partial charge in [0.25, 0.3) is 0 Å². The Balaban J connectivity index is 2.14. The van der Waals surface area contributed by atoms with Gasteiger partial charge in [0.15, 0.2) is 0 Å². The van der Waals surface area contributed by atoms with E-state index in [9.17, 15) is 0 Å². The van der Waals surface area contributed by atoms with Crippen LogP contribution < -0.4 is 0 Å². The van der Waals surface area contributed by atoms with Gasteiger partial charge in [-0.05, 0) is 57.6 Å². The molecule has 3 rings (SSSR count). The highest BCUT2D eigenvalue weighted by Crippen LogP contribution is 2.34. The molecule has 5 heteroatoms. The van der Waals surface area contributed by atoms with E-state index in [1.54, 1.807) is 12.1 Å². The van der Waals surface area contributed by atoms with Crippen LogP contribution in [-0.4, -0.2) is 0 Å². The lowest BCUT2D eigenvalue weighted by Crippen LogP contribution is -1.89.